The van der Waals surface area contributed by atoms with Gasteiger partial charge in [-0.1, -0.05) is 41.5 Å². The van der Waals surface area contributed by atoms with Crippen molar-refractivity contribution in [1.29, 1.82) is 0 Å². The van der Waals surface area contributed by atoms with E-state index < -0.39 is 14.4 Å². The highest BCUT2D eigenvalue weighted by Crippen LogP contribution is 2.45. The second-order valence-corrected chi connectivity index (χ2v) is 12.2. The van der Waals surface area contributed by atoms with Gasteiger partial charge in [-0.3, -0.25) is 4.79 Å². The molecule has 5 nitrogen and oxygen atoms in total. The number of oxazole rings is 1. The molecule has 1 fully saturated rings. The third-order valence-electron chi connectivity index (χ3n) is 4.67. The van der Waals surface area contributed by atoms with Crippen LogP contribution in [-0.4, -0.2) is 25.3 Å². The summed E-state index contributed by atoms with van der Waals surface area (Å²) in [4.78, 5) is 16.2. The molecule has 1 amide bonds. The summed E-state index contributed by atoms with van der Waals surface area (Å²) in [6.07, 6.45) is 2.52. The Morgan fingerprint density at radius 2 is 1.76 bits per heavy atom. The number of hydrogen-bond acceptors (Lipinski definition) is 4. The smallest absolute Gasteiger partial charge is 0.251 e. The molecule has 0 saturated carbocycles. The molecule has 0 bridgehead atoms. The molecule has 1 N–H and O–H groups in total. The van der Waals surface area contributed by atoms with Crippen LogP contribution in [0.1, 0.15) is 53.3 Å². The van der Waals surface area contributed by atoms with E-state index in [0.717, 1.165) is 5.69 Å². The fourth-order valence-electron chi connectivity index (χ4n) is 3.72. The van der Waals surface area contributed by atoms with Crippen LogP contribution in [-0.2, 0) is 9.22 Å². The van der Waals surface area contributed by atoms with Crippen molar-refractivity contribution in [1.82, 2.24) is 10.3 Å². The molecule has 2 heterocycles. The van der Waals surface area contributed by atoms with Gasteiger partial charge in [0.1, 0.15) is 18.0 Å². The number of carbonyl (C=O) groups excluding carboxylic acids is 1. The molecule has 0 radical (unpaired) electrons. The van der Waals surface area contributed by atoms with Crippen LogP contribution in [0.15, 0.2) is 17.1 Å². The van der Waals surface area contributed by atoms with E-state index >= 15 is 0 Å². The first-order chi connectivity index (χ1) is 9.80. The molecule has 1 saturated heterocycles. The number of rotatable bonds is 6. The van der Waals surface area contributed by atoms with Crippen molar-refractivity contribution in [3.8, 4) is 0 Å². The van der Waals surface area contributed by atoms with Crippen LogP contribution < -0.4 is 5.32 Å². The zero-order valence-corrected chi connectivity index (χ0v) is 14.7. The third-order valence-corrected chi connectivity index (χ3v) is 10.7. The summed E-state index contributed by atoms with van der Waals surface area (Å²) < 4.78 is 11.6. The molecular weight excluding hydrogens is 284 g/mol. The Balaban J connectivity index is 2.25. The van der Waals surface area contributed by atoms with Crippen molar-refractivity contribution in [2.24, 2.45) is 0 Å². The van der Waals surface area contributed by atoms with Gasteiger partial charge in [0.2, 0.25) is 8.32 Å². The topological polar surface area (TPSA) is 64.4 Å². The van der Waals surface area contributed by atoms with E-state index in [0.29, 0.717) is 16.6 Å². The molecule has 118 valence electrons. The Kier molecular flexibility index (Phi) is 4.58. The highest BCUT2D eigenvalue weighted by molar-refractivity contribution is 6.77. The quantitative estimate of drug-likeness (QED) is 0.646. The monoisotopic (exact) mass is 310 g/mol. The van der Waals surface area contributed by atoms with Crippen molar-refractivity contribution in [3.63, 3.8) is 0 Å². The predicted molar refractivity (Wildman–Crippen MR) is 83.3 cm³/mol. The Hall–Kier alpha value is -1.14. The van der Waals surface area contributed by atoms with E-state index in [4.69, 9.17) is 8.84 Å². The van der Waals surface area contributed by atoms with Crippen molar-refractivity contribution >= 4 is 14.2 Å². The minimum Gasteiger partial charge on any atom is -0.451 e. The second kappa shape index (κ2) is 5.92. The first kappa shape index (κ1) is 16.2. The highest BCUT2D eigenvalue weighted by atomic mass is 28.4. The van der Waals surface area contributed by atoms with Gasteiger partial charge in [-0.25, -0.2) is 4.98 Å². The Labute approximate surface area is 127 Å². The van der Waals surface area contributed by atoms with E-state index in [1.165, 1.54) is 6.39 Å². The normalized spacial score (nSPS) is 22.8. The van der Waals surface area contributed by atoms with Gasteiger partial charge >= 0.3 is 0 Å². The molecular formula is C15H26N2O3Si. The maximum absolute atomic E-state index is 12.0. The van der Waals surface area contributed by atoms with Gasteiger partial charge in [-0.05, 0) is 16.6 Å². The SMILES string of the molecule is CC(C)[Si](OC1C(=O)NC1c1cocn1)(C(C)C)C(C)C. The van der Waals surface area contributed by atoms with E-state index in [-0.39, 0.29) is 11.9 Å². The number of nitrogens with one attached hydrogen (secondary N) is 1. The molecule has 2 atom stereocenters. The molecule has 1 aliphatic heterocycles. The molecule has 1 aliphatic rings. The summed E-state index contributed by atoms with van der Waals surface area (Å²) >= 11 is 0. The number of amides is 1. The first-order valence-electron chi connectivity index (χ1n) is 7.67. The minimum atomic E-state index is -2.08. The van der Waals surface area contributed by atoms with Crippen molar-refractivity contribution < 1.29 is 13.6 Å². The van der Waals surface area contributed by atoms with E-state index in [1.54, 1.807) is 6.26 Å². The molecule has 1 aromatic heterocycles. The van der Waals surface area contributed by atoms with Crippen LogP contribution in [0.25, 0.3) is 0 Å². The van der Waals surface area contributed by atoms with E-state index in [1.807, 2.05) is 0 Å². The number of hydrogen-bond donors (Lipinski definition) is 1. The van der Waals surface area contributed by atoms with Crippen LogP contribution in [0, 0.1) is 0 Å². The number of β-lactam (4-membered cyclic amide) rings is 1. The predicted octanol–water partition coefficient (Wildman–Crippen LogP) is 3.41. The lowest BCUT2D eigenvalue weighted by atomic mass is 10.00. The van der Waals surface area contributed by atoms with Gasteiger partial charge in [-0.15, -0.1) is 0 Å². The summed E-state index contributed by atoms with van der Waals surface area (Å²) in [7, 11) is -2.08. The van der Waals surface area contributed by atoms with Crippen LogP contribution >= 0.6 is 0 Å². The van der Waals surface area contributed by atoms with Gasteiger partial charge in [-0.2, -0.15) is 0 Å². The van der Waals surface area contributed by atoms with Gasteiger partial charge < -0.3 is 14.2 Å². The fraction of sp³-hybridized carbons (Fsp3) is 0.733. The molecule has 0 aromatic carbocycles. The van der Waals surface area contributed by atoms with Gasteiger partial charge in [0.05, 0.1) is 0 Å². The van der Waals surface area contributed by atoms with Gasteiger partial charge in [0.25, 0.3) is 5.91 Å². The molecule has 2 rings (SSSR count). The van der Waals surface area contributed by atoms with Crippen molar-refractivity contribution in [2.75, 3.05) is 0 Å². The zero-order chi connectivity index (χ0) is 15.8. The van der Waals surface area contributed by atoms with Crippen molar-refractivity contribution in [2.45, 2.75) is 70.3 Å². The van der Waals surface area contributed by atoms with Crippen LogP contribution in [0.2, 0.25) is 16.6 Å². The molecule has 0 aliphatic carbocycles. The zero-order valence-electron chi connectivity index (χ0n) is 13.7. The number of nitrogens with zero attached hydrogens (tertiary/aromatic N) is 1. The summed E-state index contributed by atoms with van der Waals surface area (Å²) in [6, 6.07) is -0.181. The average Bonchev–Trinajstić information content (AvgIpc) is 2.88. The second-order valence-electron chi connectivity index (χ2n) is 6.76. The first-order valence-corrected chi connectivity index (χ1v) is 9.81. The van der Waals surface area contributed by atoms with E-state index in [9.17, 15) is 4.79 Å². The lowest BCUT2D eigenvalue weighted by molar-refractivity contribution is -0.141. The average molecular weight is 310 g/mol. The summed E-state index contributed by atoms with van der Waals surface area (Å²) in [5.74, 6) is -0.0400. The summed E-state index contributed by atoms with van der Waals surface area (Å²) in [6.45, 7) is 13.3. The lowest BCUT2D eigenvalue weighted by Gasteiger charge is -2.48. The Morgan fingerprint density at radius 3 is 2.14 bits per heavy atom. The molecule has 1 aromatic rings. The third kappa shape index (κ3) is 2.66. The maximum atomic E-state index is 12.0. The molecule has 2 unspecified atom stereocenters. The minimum absolute atomic E-state index is 0.0400. The fourth-order valence-corrected chi connectivity index (χ4v) is 9.22. The van der Waals surface area contributed by atoms with Crippen LogP contribution in [0.4, 0.5) is 0 Å². The molecule has 0 spiro atoms. The maximum Gasteiger partial charge on any atom is 0.251 e. The number of aromatic nitrogens is 1. The lowest BCUT2D eigenvalue weighted by Crippen LogP contribution is -2.63. The van der Waals surface area contributed by atoms with E-state index in [2.05, 4.69) is 51.8 Å². The molecule has 21 heavy (non-hydrogen) atoms. The Morgan fingerprint density at radius 1 is 1.19 bits per heavy atom. The van der Waals surface area contributed by atoms with Crippen LogP contribution in [0.5, 0.6) is 0 Å². The number of carbonyl (C=O) groups is 1. The highest BCUT2D eigenvalue weighted by Gasteiger charge is 2.53. The Bertz CT molecular complexity index is 463. The van der Waals surface area contributed by atoms with Crippen LogP contribution in [0.3, 0.4) is 0 Å². The van der Waals surface area contributed by atoms with Gasteiger partial charge in [0.15, 0.2) is 12.5 Å². The largest absolute Gasteiger partial charge is 0.451 e. The van der Waals surface area contributed by atoms with Crippen molar-refractivity contribution in [3.05, 3.63) is 18.4 Å². The standard InChI is InChI=1S/C15H26N2O3Si/c1-9(2)21(10(3)4,11(5)6)20-14-13(17-15(14)18)12-7-19-8-16-12/h7-11,13-14H,1-6H3,(H,17,18). The van der Waals surface area contributed by atoms with Gasteiger partial charge in [0, 0.05) is 0 Å². The summed E-state index contributed by atoms with van der Waals surface area (Å²) in [5, 5.41) is 2.87. The molecule has 6 heteroatoms. The summed E-state index contributed by atoms with van der Waals surface area (Å²) in [5.41, 5.74) is 2.08.